The molecule has 5 nitrogen and oxygen atoms in total. The summed E-state index contributed by atoms with van der Waals surface area (Å²) in [6.45, 7) is 4.75. The second kappa shape index (κ2) is 9.59. The van der Waals surface area contributed by atoms with E-state index in [0.717, 1.165) is 37.1 Å². The minimum absolute atomic E-state index is 0.111. The van der Waals surface area contributed by atoms with Crippen molar-refractivity contribution < 1.29 is 9.53 Å². The van der Waals surface area contributed by atoms with Crippen molar-refractivity contribution in [2.75, 3.05) is 19.7 Å². The molecule has 0 bridgehead atoms. The fourth-order valence-corrected chi connectivity index (χ4v) is 4.15. The van der Waals surface area contributed by atoms with Gasteiger partial charge in [0.05, 0.1) is 6.61 Å². The number of carbonyl (C=O) groups excluding carboxylic acids is 1. The first-order valence-electron chi connectivity index (χ1n) is 9.50. The Morgan fingerprint density at radius 3 is 2.46 bits per heavy atom. The number of nitrogens with zero attached hydrogens (tertiary/aromatic N) is 1. The minimum atomic E-state index is -0.152. The van der Waals surface area contributed by atoms with Crippen LogP contribution in [0.2, 0.25) is 10.0 Å². The third-order valence-electron chi connectivity index (χ3n) is 4.95. The zero-order chi connectivity index (χ0) is 20.1. The van der Waals surface area contributed by atoms with Gasteiger partial charge in [0, 0.05) is 40.3 Å². The van der Waals surface area contributed by atoms with Crippen molar-refractivity contribution in [3.05, 3.63) is 56.3 Å². The summed E-state index contributed by atoms with van der Waals surface area (Å²) < 4.78 is 5.04. The average Bonchev–Trinajstić information content (AvgIpc) is 2.62. The Hall–Kier alpha value is -1.82. The molecule has 28 heavy (non-hydrogen) atoms. The number of aromatic amines is 1. The fraction of sp³-hybridized carbons (Fsp3) is 0.429. The SMILES string of the molecule is CCOC(=O)CC1CCN(Cc2cc(-c3cc(Cl)cc(Cl)c3)[nH]c(=O)c2)CC1. The van der Waals surface area contributed by atoms with Crippen molar-refractivity contribution >= 4 is 29.2 Å². The highest BCUT2D eigenvalue weighted by atomic mass is 35.5. The van der Waals surface area contributed by atoms with Gasteiger partial charge in [-0.1, -0.05) is 23.2 Å². The highest BCUT2D eigenvalue weighted by Crippen LogP contribution is 2.27. The van der Waals surface area contributed by atoms with Crippen molar-refractivity contribution in [3.63, 3.8) is 0 Å². The van der Waals surface area contributed by atoms with Crippen molar-refractivity contribution in [2.24, 2.45) is 5.92 Å². The van der Waals surface area contributed by atoms with Crippen molar-refractivity contribution in [3.8, 4) is 11.3 Å². The third kappa shape index (κ3) is 5.84. The van der Waals surface area contributed by atoms with Crippen molar-refractivity contribution in [1.82, 2.24) is 9.88 Å². The Labute approximate surface area is 174 Å². The third-order valence-corrected chi connectivity index (χ3v) is 5.39. The Bertz CT molecular complexity index is 869. The topological polar surface area (TPSA) is 62.4 Å². The molecule has 0 atom stereocenters. The van der Waals surface area contributed by atoms with Crippen LogP contribution < -0.4 is 5.56 Å². The molecule has 1 saturated heterocycles. The summed E-state index contributed by atoms with van der Waals surface area (Å²) in [5.74, 6) is 0.263. The second-order valence-corrected chi connectivity index (χ2v) is 8.03. The van der Waals surface area contributed by atoms with Gasteiger partial charge >= 0.3 is 5.97 Å². The van der Waals surface area contributed by atoms with E-state index >= 15 is 0 Å². The largest absolute Gasteiger partial charge is 0.466 e. The minimum Gasteiger partial charge on any atom is -0.466 e. The predicted molar refractivity (Wildman–Crippen MR) is 112 cm³/mol. The van der Waals surface area contributed by atoms with E-state index in [4.69, 9.17) is 27.9 Å². The molecule has 1 aliphatic heterocycles. The average molecular weight is 423 g/mol. The molecule has 0 unspecified atom stereocenters. The number of benzene rings is 1. The number of halogens is 2. The molecule has 7 heteroatoms. The molecule has 1 fully saturated rings. The standard InChI is InChI=1S/C21H24Cl2N2O3/c1-2-28-21(27)9-14-3-5-25(6-4-14)13-15-7-19(24-20(26)8-15)16-10-17(22)12-18(23)11-16/h7-8,10-12,14H,2-6,9,13H2,1H3,(H,24,26). The molecule has 3 rings (SSSR count). The van der Waals surface area contributed by atoms with Crippen LogP contribution in [0.1, 0.15) is 31.7 Å². The normalized spacial score (nSPS) is 15.5. The maximum absolute atomic E-state index is 12.1. The molecular weight excluding hydrogens is 399 g/mol. The van der Waals surface area contributed by atoms with Crippen LogP contribution in [0, 0.1) is 5.92 Å². The molecule has 0 spiro atoms. The molecule has 1 aliphatic rings. The van der Waals surface area contributed by atoms with E-state index in [2.05, 4.69) is 9.88 Å². The lowest BCUT2D eigenvalue weighted by atomic mass is 9.93. The number of H-pyrrole nitrogens is 1. The summed E-state index contributed by atoms with van der Waals surface area (Å²) in [6, 6.07) is 8.82. The Kier molecular flexibility index (Phi) is 7.16. The van der Waals surface area contributed by atoms with Gasteiger partial charge in [0.2, 0.25) is 5.56 Å². The number of nitrogens with one attached hydrogen (secondary N) is 1. The number of ether oxygens (including phenoxy) is 1. The van der Waals surface area contributed by atoms with E-state index in [1.54, 1.807) is 24.3 Å². The van der Waals surface area contributed by atoms with Gasteiger partial charge < -0.3 is 9.72 Å². The Balaban J connectivity index is 1.65. The molecule has 1 aromatic heterocycles. The number of pyridine rings is 1. The second-order valence-electron chi connectivity index (χ2n) is 7.15. The molecule has 1 aromatic carbocycles. The highest BCUT2D eigenvalue weighted by molar-refractivity contribution is 6.35. The van der Waals surface area contributed by atoms with Crippen LogP contribution in [-0.2, 0) is 16.1 Å². The highest BCUT2D eigenvalue weighted by Gasteiger charge is 2.22. The van der Waals surface area contributed by atoms with Gasteiger partial charge in [-0.25, -0.2) is 0 Å². The van der Waals surface area contributed by atoms with Crippen LogP contribution in [0.5, 0.6) is 0 Å². The van der Waals surface area contributed by atoms with Crippen LogP contribution in [0.15, 0.2) is 35.1 Å². The molecule has 0 saturated carbocycles. The number of aromatic nitrogens is 1. The van der Waals surface area contributed by atoms with Crippen molar-refractivity contribution in [2.45, 2.75) is 32.7 Å². The first kappa shape index (κ1) is 20.9. The first-order chi connectivity index (χ1) is 13.4. The summed E-state index contributed by atoms with van der Waals surface area (Å²) in [7, 11) is 0. The van der Waals surface area contributed by atoms with Crippen LogP contribution >= 0.6 is 23.2 Å². The van der Waals surface area contributed by atoms with Gasteiger partial charge in [-0.15, -0.1) is 0 Å². The number of esters is 1. The molecule has 150 valence electrons. The molecule has 2 aromatic rings. The first-order valence-corrected chi connectivity index (χ1v) is 10.3. The van der Waals surface area contributed by atoms with E-state index in [-0.39, 0.29) is 11.5 Å². The number of hydrogen-bond acceptors (Lipinski definition) is 4. The van der Waals surface area contributed by atoms with E-state index in [1.807, 2.05) is 13.0 Å². The maximum Gasteiger partial charge on any atom is 0.306 e. The molecule has 0 radical (unpaired) electrons. The van der Waals surface area contributed by atoms with Gasteiger partial charge in [-0.05, 0) is 68.6 Å². The zero-order valence-electron chi connectivity index (χ0n) is 15.8. The van der Waals surface area contributed by atoms with Gasteiger partial charge in [-0.2, -0.15) is 0 Å². The number of rotatable bonds is 6. The van der Waals surface area contributed by atoms with Gasteiger partial charge in [0.1, 0.15) is 0 Å². The van der Waals surface area contributed by atoms with Crippen LogP contribution in [0.25, 0.3) is 11.3 Å². The number of hydrogen-bond donors (Lipinski definition) is 1. The number of piperidine rings is 1. The monoisotopic (exact) mass is 422 g/mol. The fourth-order valence-electron chi connectivity index (χ4n) is 3.62. The predicted octanol–water partition coefficient (Wildman–Crippen LogP) is 4.51. The zero-order valence-corrected chi connectivity index (χ0v) is 17.4. The van der Waals surface area contributed by atoms with E-state index in [9.17, 15) is 9.59 Å². The lowest BCUT2D eigenvalue weighted by molar-refractivity contribution is -0.144. The molecule has 2 heterocycles. The smallest absolute Gasteiger partial charge is 0.306 e. The summed E-state index contributed by atoms with van der Waals surface area (Å²) >= 11 is 12.2. The number of carbonyl (C=O) groups is 1. The summed E-state index contributed by atoms with van der Waals surface area (Å²) in [4.78, 5) is 29.0. The lowest BCUT2D eigenvalue weighted by Gasteiger charge is -2.31. The van der Waals surface area contributed by atoms with E-state index in [1.165, 1.54) is 0 Å². The van der Waals surface area contributed by atoms with E-state index in [0.29, 0.717) is 41.2 Å². The summed E-state index contributed by atoms with van der Waals surface area (Å²) in [5, 5.41) is 1.05. The van der Waals surface area contributed by atoms with Gasteiger partial charge in [0.15, 0.2) is 0 Å². The van der Waals surface area contributed by atoms with E-state index < -0.39 is 0 Å². The molecule has 0 aliphatic carbocycles. The lowest BCUT2D eigenvalue weighted by Crippen LogP contribution is -2.34. The van der Waals surface area contributed by atoms with Crippen LogP contribution in [0.3, 0.4) is 0 Å². The van der Waals surface area contributed by atoms with Gasteiger partial charge in [0.25, 0.3) is 0 Å². The summed E-state index contributed by atoms with van der Waals surface area (Å²) in [6.07, 6.45) is 2.41. The Morgan fingerprint density at radius 2 is 1.82 bits per heavy atom. The molecular formula is C21H24Cl2N2O3. The molecule has 1 N–H and O–H groups in total. The summed E-state index contributed by atoms with van der Waals surface area (Å²) in [5.41, 5.74) is 2.27. The van der Waals surface area contributed by atoms with Crippen LogP contribution in [-0.4, -0.2) is 35.5 Å². The van der Waals surface area contributed by atoms with Crippen LogP contribution in [0.4, 0.5) is 0 Å². The maximum atomic E-state index is 12.1. The van der Waals surface area contributed by atoms with Crippen molar-refractivity contribution in [1.29, 1.82) is 0 Å². The Morgan fingerprint density at radius 1 is 1.14 bits per heavy atom. The van der Waals surface area contributed by atoms with Gasteiger partial charge in [-0.3, -0.25) is 14.5 Å². The quantitative estimate of drug-likeness (QED) is 0.695. The number of likely N-dealkylation sites (tertiary alicyclic amines) is 1. The molecule has 0 amide bonds.